The molecule has 1 aliphatic rings. The van der Waals surface area contributed by atoms with Gasteiger partial charge in [-0.25, -0.2) is 0 Å². The van der Waals surface area contributed by atoms with Gasteiger partial charge in [0.15, 0.2) is 0 Å². The average molecular weight is 240 g/mol. The molecule has 1 radical (unpaired) electrons. The fourth-order valence-corrected chi connectivity index (χ4v) is 2.00. The number of hydrogen-bond acceptors (Lipinski definition) is 2. The largest absolute Gasteiger partial charge is 0.390 e. The Bertz CT molecular complexity index is 460. The number of nitrogens with zero attached hydrogens (tertiary/aromatic N) is 1. The fraction of sp³-hybridized carbons (Fsp3) is 0.312. The van der Waals surface area contributed by atoms with E-state index in [4.69, 9.17) is 4.84 Å². The van der Waals surface area contributed by atoms with E-state index in [0.29, 0.717) is 6.61 Å². The van der Waals surface area contributed by atoms with Crippen molar-refractivity contribution in [1.82, 2.24) is 0 Å². The minimum atomic E-state index is 0.461. The number of hydrogen-bond donors (Lipinski definition) is 0. The van der Waals surface area contributed by atoms with Gasteiger partial charge in [-0.15, -0.1) is 0 Å². The molecule has 2 nitrogen and oxygen atoms in total. The number of benzene rings is 1. The summed E-state index contributed by atoms with van der Waals surface area (Å²) in [5.41, 5.74) is 3.35. The molecule has 1 aliphatic carbocycles. The van der Waals surface area contributed by atoms with Crippen LogP contribution < -0.4 is 0 Å². The van der Waals surface area contributed by atoms with Gasteiger partial charge >= 0.3 is 0 Å². The molecule has 0 fully saturated rings. The third-order valence-electron chi connectivity index (χ3n) is 3.04. The minimum absolute atomic E-state index is 0.461. The lowest BCUT2D eigenvalue weighted by molar-refractivity contribution is 0.132. The monoisotopic (exact) mass is 240 g/mol. The molecule has 0 bridgehead atoms. The molecule has 0 spiro atoms. The van der Waals surface area contributed by atoms with Crippen LogP contribution in [0.1, 0.15) is 36.8 Å². The second-order valence-electron chi connectivity index (χ2n) is 4.35. The second kappa shape index (κ2) is 6.80. The summed E-state index contributed by atoms with van der Waals surface area (Å²) in [4.78, 5) is 5.29. The molecular weight excluding hydrogens is 222 g/mol. The van der Waals surface area contributed by atoms with E-state index in [0.717, 1.165) is 24.0 Å². The predicted octanol–water partition coefficient (Wildman–Crippen LogP) is 4.21. The lowest BCUT2D eigenvalue weighted by Crippen LogP contribution is -1.95. The smallest absolute Gasteiger partial charge is 0.142 e. The van der Waals surface area contributed by atoms with Crippen molar-refractivity contribution < 1.29 is 4.84 Å². The highest BCUT2D eigenvalue weighted by atomic mass is 16.6. The molecule has 0 saturated heterocycles. The first-order chi connectivity index (χ1) is 8.90. The molecule has 0 N–H and O–H groups in total. The molecule has 0 amide bonds. The van der Waals surface area contributed by atoms with Crippen molar-refractivity contribution >= 4 is 12.3 Å². The zero-order valence-electron chi connectivity index (χ0n) is 10.6. The van der Waals surface area contributed by atoms with Crippen LogP contribution in [-0.4, -0.2) is 6.21 Å². The van der Waals surface area contributed by atoms with E-state index in [2.05, 4.69) is 24.0 Å². The van der Waals surface area contributed by atoms with Gasteiger partial charge in [0.05, 0.1) is 0 Å². The van der Waals surface area contributed by atoms with Crippen molar-refractivity contribution in [2.24, 2.45) is 5.16 Å². The standard InChI is InChI=1S/C16H18NO/c1-2-15-10-6-7-11-16(15)13-18-17-12-14-8-4-3-5-9-14/h2,6-8,10-11H,1,3-5,9,13H2. The van der Waals surface area contributed by atoms with Gasteiger partial charge in [-0.2, -0.15) is 0 Å². The maximum atomic E-state index is 5.29. The quantitative estimate of drug-likeness (QED) is 0.558. The Balaban J connectivity index is 1.86. The van der Waals surface area contributed by atoms with Gasteiger partial charge in [-0.1, -0.05) is 48.2 Å². The molecule has 1 aromatic rings. The maximum Gasteiger partial charge on any atom is 0.142 e. The SMILES string of the molecule is C=Cc1ccccc1CO/N=[C]\C1=CCCCC1. The molecule has 93 valence electrons. The van der Waals surface area contributed by atoms with E-state index >= 15 is 0 Å². The topological polar surface area (TPSA) is 21.6 Å². The van der Waals surface area contributed by atoms with E-state index in [1.807, 2.05) is 30.3 Å². The van der Waals surface area contributed by atoms with Crippen LogP contribution in [0, 0.1) is 0 Å². The first-order valence-corrected chi connectivity index (χ1v) is 6.37. The Morgan fingerprint density at radius 2 is 2.22 bits per heavy atom. The zero-order chi connectivity index (χ0) is 12.6. The highest BCUT2D eigenvalue weighted by molar-refractivity contribution is 5.78. The first kappa shape index (κ1) is 12.6. The summed E-state index contributed by atoms with van der Waals surface area (Å²) in [7, 11) is 0. The molecule has 2 rings (SSSR count). The summed E-state index contributed by atoms with van der Waals surface area (Å²) in [5.74, 6) is 0. The minimum Gasteiger partial charge on any atom is -0.390 e. The summed E-state index contributed by atoms with van der Waals surface area (Å²) in [5, 5.41) is 3.91. The van der Waals surface area contributed by atoms with Crippen LogP contribution in [0.4, 0.5) is 0 Å². The fourth-order valence-electron chi connectivity index (χ4n) is 2.00. The maximum absolute atomic E-state index is 5.29. The molecule has 0 aliphatic heterocycles. The van der Waals surface area contributed by atoms with Gasteiger partial charge in [-0.05, 0) is 42.4 Å². The van der Waals surface area contributed by atoms with Crippen LogP contribution in [0.25, 0.3) is 6.08 Å². The van der Waals surface area contributed by atoms with Gasteiger partial charge in [0.1, 0.15) is 12.8 Å². The molecule has 0 unspecified atom stereocenters. The molecule has 2 heteroatoms. The van der Waals surface area contributed by atoms with Crippen LogP contribution in [0.2, 0.25) is 0 Å². The van der Waals surface area contributed by atoms with Crippen LogP contribution >= 0.6 is 0 Å². The molecular formula is C16H18NO. The Labute approximate surface area is 109 Å². The van der Waals surface area contributed by atoms with Crippen LogP contribution in [0.5, 0.6) is 0 Å². The Hall–Kier alpha value is -1.83. The van der Waals surface area contributed by atoms with Gasteiger partial charge in [0.2, 0.25) is 0 Å². The van der Waals surface area contributed by atoms with Crippen LogP contribution in [0.15, 0.2) is 47.6 Å². The lowest BCUT2D eigenvalue weighted by atomic mass is 10.0. The zero-order valence-corrected chi connectivity index (χ0v) is 10.6. The molecule has 0 saturated carbocycles. The van der Waals surface area contributed by atoms with Crippen molar-refractivity contribution in [2.75, 3.05) is 0 Å². The van der Waals surface area contributed by atoms with E-state index in [-0.39, 0.29) is 0 Å². The highest BCUT2D eigenvalue weighted by Crippen LogP contribution is 2.16. The van der Waals surface area contributed by atoms with E-state index in [9.17, 15) is 0 Å². The van der Waals surface area contributed by atoms with Crippen LogP contribution in [0.3, 0.4) is 0 Å². The Morgan fingerprint density at radius 1 is 1.33 bits per heavy atom. The second-order valence-corrected chi connectivity index (χ2v) is 4.35. The average Bonchev–Trinajstić information content (AvgIpc) is 2.45. The van der Waals surface area contributed by atoms with Crippen molar-refractivity contribution in [3.05, 3.63) is 53.6 Å². The summed E-state index contributed by atoms with van der Waals surface area (Å²) >= 11 is 0. The third kappa shape index (κ3) is 3.59. The van der Waals surface area contributed by atoms with E-state index in [1.165, 1.54) is 18.4 Å². The molecule has 18 heavy (non-hydrogen) atoms. The third-order valence-corrected chi connectivity index (χ3v) is 3.04. The summed E-state index contributed by atoms with van der Waals surface area (Å²) in [6.07, 6.45) is 11.7. The molecule has 0 atom stereocenters. The van der Waals surface area contributed by atoms with Gasteiger partial charge in [0.25, 0.3) is 0 Å². The number of allylic oxidation sites excluding steroid dienone is 2. The van der Waals surface area contributed by atoms with Gasteiger partial charge < -0.3 is 4.84 Å². The highest BCUT2D eigenvalue weighted by Gasteiger charge is 2.01. The van der Waals surface area contributed by atoms with Crippen molar-refractivity contribution in [3.63, 3.8) is 0 Å². The predicted molar refractivity (Wildman–Crippen MR) is 75.3 cm³/mol. The van der Waals surface area contributed by atoms with E-state index < -0.39 is 0 Å². The first-order valence-electron chi connectivity index (χ1n) is 6.37. The molecule has 0 heterocycles. The van der Waals surface area contributed by atoms with Crippen molar-refractivity contribution in [3.8, 4) is 0 Å². The molecule has 1 aromatic carbocycles. The van der Waals surface area contributed by atoms with Crippen molar-refractivity contribution in [1.29, 1.82) is 0 Å². The Morgan fingerprint density at radius 3 is 3.00 bits per heavy atom. The van der Waals surface area contributed by atoms with Crippen molar-refractivity contribution in [2.45, 2.75) is 32.3 Å². The van der Waals surface area contributed by atoms with E-state index in [1.54, 1.807) is 0 Å². The van der Waals surface area contributed by atoms with Gasteiger partial charge in [-0.3, -0.25) is 0 Å². The van der Waals surface area contributed by atoms with Gasteiger partial charge in [0, 0.05) is 0 Å². The van der Waals surface area contributed by atoms with Crippen LogP contribution in [-0.2, 0) is 11.4 Å². The Kier molecular flexibility index (Phi) is 4.77. The lowest BCUT2D eigenvalue weighted by Gasteiger charge is -2.07. The normalized spacial score (nSPS) is 15.4. The summed E-state index contributed by atoms with van der Waals surface area (Å²) in [6, 6.07) is 8.01. The summed E-state index contributed by atoms with van der Waals surface area (Å²) in [6.45, 7) is 4.24. The summed E-state index contributed by atoms with van der Waals surface area (Å²) < 4.78 is 0. The number of rotatable bonds is 5. The molecule has 0 aromatic heterocycles.